The first-order valence-corrected chi connectivity index (χ1v) is 6.29. The number of carbonyl (C=O) groups excluding carboxylic acids is 1. The smallest absolute Gasteiger partial charge is 0.332 e. The quantitative estimate of drug-likeness (QED) is 0.497. The molecule has 0 radical (unpaired) electrons. The highest BCUT2D eigenvalue weighted by Gasteiger charge is 2.21. The van der Waals surface area contributed by atoms with Gasteiger partial charge in [0.2, 0.25) is 0 Å². The molecule has 116 valence electrons. The molecule has 0 bridgehead atoms. The number of carboxylic acid groups (broad SMARTS) is 1. The van der Waals surface area contributed by atoms with Crippen LogP contribution in [0.15, 0.2) is 12.3 Å². The summed E-state index contributed by atoms with van der Waals surface area (Å²) < 4.78 is 1.46. The first-order chi connectivity index (χ1) is 9.73. The van der Waals surface area contributed by atoms with Gasteiger partial charge in [-0.1, -0.05) is 0 Å². The molecule has 1 heterocycles. The van der Waals surface area contributed by atoms with Gasteiger partial charge in [-0.2, -0.15) is 0 Å². The number of aliphatic carboxylic acids is 1. The summed E-state index contributed by atoms with van der Waals surface area (Å²) in [5.74, 6) is -1.93. The Labute approximate surface area is 120 Å². The second-order valence-electron chi connectivity index (χ2n) is 4.74. The van der Waals surface area contributed by atoms with Gasteiger partial charge >= 0.3 is 5.97 Å². The number of carbonyl (C=O) groups is 2. The zero-order chi connectivity index (χ0) is 16.2. The summed E-state index contributed by atoms with van der Waals surface area (Å²) in [6.45, 7) is 3.49. The molecule has 0 aliphatic heterocycles. The summed E-state index contributed by atoms with van der Waals surface area (Å²) in [6.07, 6.45) is -0.437. The normalized spacial score (nSPS) is 12.2. The molecule has 1 amide bonds. The Bertz CT molecular complexity index is 551. The lowest BCUT2D eigenvalue weighted by atomic mass is 10.2. The Hall–Kier alpha value is -2.42. The van der Waals surface area contributed by atoms with E-state index >= 15 is 0 Å². The van der Waals surface area contributed by atoms with E-state index < -0.39 is 22.9 Å². The number of aliphatic hydroxyl groups excluding tert-OH is 1. The monoisotopic (exact) mass is 299 g/mol. The topological polar surface area (TPSA) is 135 Å². The average molecular weight is 299 g/mol. The summed E-state index contributed by atoms with van der Waals surface area (Å²) in [6, 6.07) is 1.01. The van der Waals surface area contributed by atoms with Crippen LogP contribution in [0.5, 0.6) is 0 Å². The molecule has 0 saturated carbocycles. The van der Waals surface area contributed by atoms with Crippen molar-refractivity contribution in [2.24, 2.45) is 0 Å². The van der Waals surface area contributed by atoms with Crippen LogP contribution >= 0.6 is 0 Å². The van der Waals surface area contributed by atoms with Crippen molar-refractivity contribution in [3.63, 3.8) is 0 Å². The van der Waals surface area contributed by atoms with E-state index in [0.717, 1.165) is 6.07 Å². The lowest BCUT2D eigenvalue weighted by Gasteiger charge is -2.12. The highest BCUT2D eigenvalue weighted by molar-refractivity contribution is 5.93. The van der Waals surface area contributed by atoms with Crippen LogP contribution in [0.4, 0.5) is 5.69 Å². The molecule has 21 heavy (non-hydrogen) atoms. The number of hydrogen-bond donors (Lipinski definition) is 3. The van der Waals surface area contributed by atoms with E-state index in [-0.39, 0.29) is 30.4 Å². The number of carboxylic acids is 1. The van der Waals surface area contributed by atoms with Crippen molar-refractivity contribution >= 4 is 17.6 Å². The van der Waals surface area contributed by atoms with Gasteiger partial charge < -0.3 is 20.1 Å². The number of nitrogens with one attached hydrogen (secondary N) is 1. The van der Waals surface area contributed by atoms with Crippen molar-refractivity contribution in [2.75, 3.05) is 6.54 Å². The van der Waals surface area contributed by atoms with Crippen LogP contribution in [-0.2, 0) is 4.79 Å². The van der Waals surface area contributed by atoms with Crippen molar-refractivity contribution in [3.8, 4) is 0 Å². The van der Waals surface area contributed by atoms with Crippen molar-refractivity contribution in [3.05, 3.63) is 28.1 Å². The van der Waals surface area contributed by atoms with Crippen LogP contribution in [0.3, 0.4) is 0 Å². The lowest BCUT2D eigenvalue weighted by molar-refractivity contribution is -0.384. The zero-order valence-electron chi connectivity index (χ0n) is 11.6. The fourth-order valence-corrected chi connectivity index (χ4v) is 1.71. The number of nitro groups is 1. The third-order valence-electron chi connectivity index (χ3n) is 2.82. The number of amides is 1. The molecule has 1 atom stereocenters. The number of aliphatic hydroxyl groups is 1. The number of rotatable bonds is 7. The minimum absolute atomic E-state index is 0.0522. The Morgan fingerprint density at radius 1 is 1.48 bits per heavy atom. The van der Waals surface area contributed by atoms with Gasteiger partial charge in [-0.15, -0.1) is 0 Å². The molecule has 9 nitrogen and oxygen atoms in total. The molecule has 1 rings (SSSR count). The molecule has 0 aliphatic carbocycles. The van der Waals surface area contributed by atoms with E-state index in [0.29, 0.717) is 0 Å². The third-order valence-corrected chi connectivity index (χ3v) is 2.82. The molecule has 0 fully saturated rings. The number of nitrogens with zero attached hydrogens (tertiary/aromatic N) is 2. The molecule has 0 saturated heterocycles. The fraction of sp³-hybridized carbons (Fsp3) is 0.500. The maximum Gasteiger partial charge on any atom is 0.332 e. The van der Waals surface area contributed by atoms with E-state index in [4.69, 9.17) is 10.2 Å². The van der Waals surface area contributed by atoms with Crippen molar-refractivity contribution in [2.45, 2.75) is 32.4 Å². The number of aromatic nitrogens is 1. The van der Waals surface area contributed by atoms with Crippen LogP contribution in [0.2, 0.25) is 0 Å². The summed E-state index contributed by atoms with van der Waals surface area (Å²) >= 11 is 0. The molecule has 0 aliphatic rings. The maximum absolute atomic E-state index is 12.0. The summed E-state index contributed by atoms with van der Waals surface area (Å²) in [4.78, 5) is 32.6. The molecule has 0 aromatic carbocycles. The van der Waals surface area contributed by atoms with Crippen LogP contribution in [0, 0.1) is 10.1 Å². The summed E-state index contributed by atoms with van der Waals surface area (Å²) in [5.41, 5.74) is -0.0825. The molecule has 0 unspecified atom stereocenters. The van der Waals surface area contributed by atoms with Crippen LogP contribution in [-0.4, -0.2) is 44.2 Å². The SMILES string of the molecule is CC(C)n1cc([N+](=O)[O-])cc1C(=O)NCC[C@H](O)C(=O)O. The largest absolute Gasteiger partial charge is 0.479 e. The van der Waals surface area contributed by atoms with E-state index in [1.165, 1.54) is 10.8 Å². The van der Waals surface area contributed by atoms with Crippen LogP contribution in [0.25, 0.3) is 0 Å². The minimum atomic E-state index is -1.56. The Kier molecular flexibility index (Phi) is 5.42. The summed E-state index contributed by atoms with van der Waals surface area (Å²) in [5, 5.41) is 30.8. The van der Waals surface area contributed by atoms with Crippen LogP contribution in [0.1, 0.15) is 36.8 Å². The zero-order valence-corrected chi connectivity index (χ0v) is 11.6. The van der Waals surface area contributed by atoms with Crippen molar-refractivity contribution in [1.82, 2.24) is 9.88 Å². The molecule has 1 aromatic heterocycles. The van der Waals surface area contributed by atoms with Crippen LogP contribution < -0.4 is 5.32 Å². The van der Waals surface area contributed by atoms with Gasteiger partial charge in [0, 0.05) is 25.1 Å². The van der Waals surface area contributed by atoms with Crippen molar-refractivity contribution in [1.29, 1.82) is 0 Å². The second kappa shape index (κ2) is 6.84. The fourth-order valence-electron chi connectivity index (χ4n) is 1.71. The summed E-state index contributed by atoms with van der Waals surface area (Å²) in [7, 11) is 0. The predicted molar refractivity (Wildman–Crippen MR) is 72.1 cm³/mol. The molecule has 9 heteroatoms. The molecule has 1 aromatic rings. The molecular weight excluding hydrogens is 282 g/mol. The highest BCUT2D eigenvalue weighted by Crippen LogP contribution is 2.20. The van der Waals surface area contributed by atoms with E-state index in [2.05, 4.69) is 5.32 Å². The molecular formula is C12H17N3O6. The van der Waals surface area contributed by atoms with Gasteiger partial charge in [-0.25, -0.2) is 4.79 Å². The maximum atomic E-state index is 12.0. The Morgan fingerprint density at radius 3 is 2.57 bits per heavy atom. The highest BCUT2D eigenvalue weighted by atomic mass is 16.6. The van der Waals surface area contributed by atoms with Gasteiger partial charge in [0.1, 0.15) is 5.69 Å². The first kappa shape index (κ1) is 16.6. The van der Waals surface area contributed by atoms with Gasteiger partial charge in [-0.05, 0) is 13.8 Å². The first-order valence-electron chi connectivity index (χ1n) is 6.29. The second-order valence-corrected chi connectivity index (χ2v) is 4.74. The van der Waals surface area contributed by atoms with Gasteiger partial charge in [-0.3, -0.25) is 14.9 Å². The molecule has 0 spiro atoms. The predicted octanol–water partition coefficient (Wildman–Crippen LogP) is 0.543. The average Bonchev–Trinajstić information content (AvgIpc) is 2.83. The Morgan fingerprint density at radius 2 is 2.10 bits per heavy atom. The van der Waals surface area contributed by atoms with Gasteiger partial charge in [0.05, 0.1) is 11.1 Å². The van der Waals surface area contributed by atoms with Gasteiger partial charge in [0.25, 0.3) is 11.6 Å². The molecule has 3 N–H and O–H groups in total. The Balaban J connectivity index is 2.77. The van der Waals surface area contributed by atoms with E-state index in [1.54, 1.807) is 13.8 Å². The van der Waals surface area contributed by atoms with E-state index in [1.807, 2.05) is 0 Å². The van der Waals surface area contributed by atoms with E-state index in [9.17, 15) is 19.7 Å². The lowest BCUT2D eigenvalue weighted by Crippen LogP contribution is -2.31. The van der Waals surface area contributed by atoms with Crippen molar-refractivity contribution < 1.29 is 24.7 Å². The third kappa shape index (κ3) is 4.28. The minimum Gasteiger partial charge on any atom is -0.479 e. The van der Waals surface area contributed by atoms with Gasteiger partial charge in [0.15, 0.2) is 6.10 Å². The standard InChI is InChI=1S/C12H17N3O6/c1-7(2)14-6-8(15(20)21)5-9(14)11(17)13-4-3-10(16)12(18)19/h5-7,10,16H,3-4H2,1-2H3,(H,13,17)(H,18,19)/t10-/m0/s1. The number of hydrogen-bond acceptors (Lipinski definition) is 5.